The molecule has 8 aliphatic rings. The SMILES string of the molecule is Oc1ccc(C23CC4CC(C2)CC(C25CC6(c7ccc(O)cc7O)CC(c7ccc(O)cc7O)(CC(c7ccc(O)cc7O)(C6)C2)C5)(C4)C3)c(O)c1. The standard InChI is InChI=1S/C44H46O8/c45-27-1-5-31(35(49)10-27)39-14-25-9-26(15-39)17-43(16-25,21-39)44-22-40(32-6-2-28(46)11-36(32)50)18-41(23-44,33-7-3-29(47)12-37(33)51)20-42(19-40,24-44)34-8-4-30(48)13-38(34)52/h1-8,10-13,25-26,45-52H,9,14-24H2. The number of phenolic OH excluding ortho intramolecular Hbond substituents is 8. The van der Waals surface area contributed by atoms with Crippen molar-refractivity contribution in [1.82, 2.24) is 0 Å². The van der Waals surface area contributed by atoms with E-state index in [9.17, 15) is 40.9 Å². The molecule has 0 radical (unpaired) electrons. The van der Waals surface area contributed by atoms with Crippen LogP contribution < -0.4 is 0 Å². The molecule has 8 bridgehead atoms. The largest absolute Gasteiger partial charge is 0.508 e. The molecule has 0 saturated heterocycles. The summed E-state index contributed by atoms with van der Waals surface area (Å²) >= 11 is 0. The molecule has 4 aromatic carbocycles. The highest BCUT2D eigenvalue weighted by atomic mass is 16.3. The van der Waals surface area contributed by atoms with Crippen molar-refractivity contribution in [1.29, 1.82) is 0 Å². The normalized spacial score (nSPS) is 38.2. The quantitative estimate of drug-likeness (QED) is 0.103. The minimum Gasteiger partial charge on any atom is -0.508 e. The summed E-state index contributed by atoms with van der Waals surface area (Å²) in [6.07, 6.45) is 10.3. The molecule has 52 heavy (non-hydrogen) atoms. The van der Waals surface area contributed by atoms with Gasteiger partial charge in [0.25, 0.3) is 0 Å². The molecule has 8 N–H and O–H groups in total. The summed E-state index contributed by atoms with van der Waals surface area (Å²) in [5, 5.41) is 88.3. The van der Waals surface area contributed by atoms with Gasteiger partial charge in [0, 0.05) is 68.2 Å². The monoisotopic (exact) mass is 702 g/mol. The minimum atomic E-state index is -0.613. The Hall–Kier alpha value is -4.72. The van der Waals surface area contributed by atoms with Gasteiger partial charge in [-0.05, 0) is 124 Å². The molecule has 0 spiro atoms. The predicted molar refractivity (Wildman–Crippen MR) is 193 cm³/mol. The molecule has 8 saturated carbocycles. The van der Waals surface area contributed by atoms with Gasteiger partial charge in [0.15, 0.2) is 0 Å². The zero-order valence-electron chi connectivity index (χ0n) is 29.1. The van der Waals surface area contributed by atoms with Crippen LogP contribution in [0, 0.1) is 22.7 Å². The van der Waals surface area contributed by atoms with Crippen LogP contribution in [0.3, 0.4) is 0 Å². The van der Waals surface area contributed by atoms with Crippen LogP contribution in [-0.2, 0) is 21.7 Å². The maximum absolute atomic E-state index is 11.7. The van der Waals surface area contributed by atoms with Crippen molar-refractivity contribution in [3.63, 3.8) is 0 Å². The Kier molecular flexibility index (Phi) is 6.16. The third-order valence-corrected chi connectivity index (χ3v) is 15.5. The number of rotatable bonds is 5. The summed E-state index contributed by atoms with van der Waals surface area (Å²) in [5.74, 6) is 1.13. The summed E-state index contributed by atoms with van der Waals surface area (Å²) in [6.45, 7) is 0. The molecule has 2 atom stereocenters. The first-order valence-electron chi connectivity index (χ1n) is 18.8. The van der Waals surface area contributed by atoms with E-state index in [2.05, 4.69) is 0 Å². The average molecular weight is 703 g/mol. The van der Waals surface area contributed by atoms with E-state index >= 15 is 0 Å². The van der Waals surface area contributed by atoms with Crippen molar-refractivity contribution in [2.24, 2.45) is 22.7 Å². The van der Waals surface area contributed by atoms with Crippen molar-refractivity contribution < 1.29 is 40.9 Å². The molecule has 8 heteroatoms. The summed E-state index contributed by atoms with van der Waals surface area (Å²) in [6, 6.07) is 19.8. The van der Waals surface area contributed by atoms with Gasteiger partial charge in [0.05, 0.1) is 0 Å². The third-order valence-electron chi connectivity index (χ3n) is 15.5. The van der Waals surface area contributed by atoms with Crippen LogP contribution in [0.5, 0.6) is 46.0 Å². The molecule has 2 unspecified atom stereocenters. The summed E-state index contributed by atoms with van der Waals surface area (Å²) < 4.78 is 0. The highest BCUT2D eigenvalue weighted by Crippen LogP contribution is 2.83. The fraction of sp³-hybridized carbons (Fsp3) is 0.455. The van der Waals surface area contributed by atoms with Gasteiger partial charge in [0.2, 0.25) is 0 Å². The van der Waals surface area contributed by atoms with Crippen LogP contribution in [0.2, 0.25) is 0 Å². The van der Waals surface area contributed by atoms with Crippen LogP contribution in [0.15, 0.2) is 72.8 Å². The number of benzene rings is 4. The first-order valence-corrected chi connectivity index (χ1v) is 18.8. The van der Waals surface area contributed by atoms with E-state index in [4.69, 9.17) is 0 Å². The highest BCUT2D eigenvalue weighted by Gasteiger charge is 2.76. The zero-order chi connectivity index (χ0) is 36.1. The van der Waals surface area contributed by atoms with Gasteiger partial charge in [0.1, 0.15) is 46.0 Å². The first-order chi connectivity index (χ1) is 24.7. The van der Waals surface area contributed by atoms with E-state index in [0.717, 1.165) is 80.0 Å². The molecular weight excluding hydrogens is 656 g/mol. The topological polar surface area (TPSA) is 162 Å². The average Bonchev–Trinajstić information content (AvgIpc) is 3.03. The number of phenols is 8. The van der Waals surface area contributed by atoms with Gasteiger partial charge >= 0.3 is 0 Å². The van der Waals surface area contributed by atoms with Gasteiger partial charge in [-0.2, -0.15) is 0 Å². The molecule has 4 aromatic rings. The van der Waals surface area contributed by atoms with Crippen molar-refractivity contribution in [2.45, 2.75) is 98.7 Å². The Morgan fingerprint density at radius 1 is 0.346 bits per heavy atom. The van der Waals surface area contributed by atoms with Crippen LogP contribution in [0.1, 0.15) is 99.3 Å². The van der Waals surface area contributed by atoms with Crippen LogP contribution in [0.4, 0.5) is 0 Å². The molecule has 8 nitrogen and oxygen atoms in total. The molecule has 12 rings (SSSR count). The van der Waals surface area contributed by atoms with Gasteiger partial charge in [-0.3, -0.25) is 0 Å². The van der Waals surface area contributed by atoms with Gasteiger partial charge in [-0.15, -0.1) is 0 Å². The number of aromatic hydroxyl groups is 8. The Labute approximate surface area is 302 Å². The van der Waals surface area contributed by atoms with Crippen molar-refractivity contribution in [2.75, 3.05) is 0 Å². The van der Waals surface area contributed by atoms with E-state index in [1.807, 2.05) is 24.3 Å². The van der Waals surface area contributed by atoms with Crippen molar-refractivity contribution in [3.8, 4) is 46.0 Å². The van der Waals surface area contributed by atoms with Crippen LogP contribution in [0.25, 0.3) is 0 Å². The Morgan fingerprint density at radius 2 is 0.654 bits per heavy atom. The highest BCUT2D eigenvalue weighted by molar-refractivity contribution is 5.56. The summed E-state index contributed by atoms with van der Waals surface area (Å²) in [5.41, 5.74) is 0.581. The van der Waals surface area contributed by atoms with Gasteiger partial charge in [-0.1, -0.05) is 24.3 Å². The van der Waals surface area contributed by atoms with Crippen molar-refractivity contribution >= 4 is 0 Å². The summed E-state index contributed by atoms with van der Waals surface area (Å²) in [4.78, 5) is 0. The molecular formula is C44H46O8. The molecule has 0 heterocycles. The molecule has 8 fully saturated rings. The second-order valence-corrected chi connectivity index (χ2v) is 18.5. The maximum atomic E-state index is 11.7. The molecule has 0 amide bonds. The van der Waals surface area contributed by atoms with E-state index in [-0.39, 0.29) is 62.2 Å². The lowest BCUT2D eigenvalue weighted by molar-refractivity contribution is -0.226. The number of hydrogen-bond donors (Lipinski definition) is 8. The van der Waals surface area contributed by atoms with Crippen LogP contribution in [-0.4, -0.2) is 40.9 Å². The Morgan fingerprint density at radius 3 is 0.981 bits per heavy atom. The van der Waals surface area contributed by atoms with Gasteiger partial charge < -0.3 is 40.9 Å². The third kappa shape index (κ3) is 4.15. The van der Waals surface area contributed by atoms with Crippen molar-refractivity contribution in [3.05, 3.63) is 95.1 Å². The maximum Gasteiger partial charge on any atom is 0.123 e. The fourth-order valence-electron chi connectivity index (χ4n) is 15.1. The first kappa shape index (κ1) is 32.0. The molecule has 0 aliphatic heterocycles. The molecule has 0 aromatic heterocycles. The molecule has 8 aliphatic carbocycles. The molecule has 270 valence electrons. The second kappa shape index (κ2) is 10.0. The van der Waals surface area contributed by atoms with Gasteiger partial charge in [-0.25, -0.2) is 0 Å². The fourth-order valence-corrected chi connectivity index (χ4v) is 15.1. The van der Waals surface area contributed by atoms with E-state index in [0.29, 0.717) is 31.1 Å². The summed E-state index contributed by atoms with van der Waals surface area (Å²) in [7, 11) is 0. The second-order valence-electron chi connectivity index (χ2n) is 18.5. The zero-order valence-corrected chi connectivity index (χ0v) is 29.1. The van der Waals surface area contributed by atoms with E-state index < -0.39 is 16.2 Å². The van der Waals surface area contributed by atoms with E-state index in [1.54, 1.807) is 24.3 Å². The lowest BCUT2D eigenvalue weighted by Crippen LogP contribution is -2.72. The van der Waals surface area contributed by atoms with Crippen LogP contribution >= 0.6 is 0 Å². The lowest BCUT2D eigenvalue weighted by atomic mass is 9.25. The Bertz CT molecular complexity index is 1990. The Balaban J connectivity index is 1.25. The minimum absolute atomic E-state index is 0.0193. The number of hydrogen-bond acceptors (Lipinski definition) is 8. The predicted octanol–water partition coefficient (Wildman–Crippen LogP) is 8.35. The van der Waals surface area contributed by atoms with E-state index in [1.165, 1.54) is 24.3 Å². The lowest BCUT2D eigenvalue weighted by Gasteiger charge is -2.78. The smallest absolute Gasteiger partial charge is 0.123 e.